The van der Waals surface area contributed by atoms with Crippen LogP contribution in [0.15, 0.2) is 100 Å². The summed E-state index contributed by atoms with van der Waals surface area (Å²) in [6, 6.07) is 24.7. The highest BCUT2D eigenvalue weighted by atomic mass is 16.4. The Balaban J connectivity index is 0.983. The second-order valence-electron chi connectivity index (χ2n) is 12.0. The molecule has 2 aromatic heterocycles. The van der Waals surface area contributed by atoms with E-state index in [0.29, 0.717) is 72.5 Å². The van der Waals surface area contributed by atoms with E-state index >= 15 is 0 Å². The summed E-state index contributed by atoms with van der Waals surface area (Å²) in [5, 5.41) is 39.4. The minimum atomic E-state index is -1.54. The van der Waals surface area contributed by atoms with Crippen molar-refractivity contribution in [1.82, 2.24) is 25.5 Å². The molecule has 1 atom stereocenters. The molecule has 5 rings (SSSR count). The molecular weight excluding hydrogens is 610 g/mol. The number of hydrogen-bond acceptors (Lipinski definition) is 9. The third kappa shape index (κ3) is 8.55. The summed E-state index contributed by atoms with van der Waals surface area (Å²) in [4.78, 5) is 33.1. The lowest BCUT2D eigenvalue weighted by molar-refractivity contribution is -0.121. The number of phenols is 1. The van der Waals surface area contributed by atoms with Crippen LogP contribution in [0.5, 0.6) is 5.75 Å². The molecule has 0 saturated heterocycles. The van der Waals surface area contributed by atoms with Crippen LogP contribution in [0, 0.1) is 0 Å². The molecule has 0 aliphatic heterocycles. The SMILES string of the molecule is CN(CCC(=O)NCCCCCNC[C@H](O)c1ccc(O)c2[nH]c(=O)ccc12)Cc1cnc(C(O)(c2ccccc2)c2ccccc2)o1. The molecule has 0 aliphatic rings. The number of carbonyl (C=O) groups excluding carboxylic acids is 1. The highest BCUT2D eigenvalue weighted by Crippen LogP contribution is 2.36. The van der Waals surface area contributed by atoms with Crippen molar-refractivity contribution in [2.75, 3.05) is 33.2 Å². The number of amides is 1. The summed E-state index contributed by atoms with van der Waals surface area (Å²) in [5.41, 5.74) is 0.400. The molecule has 5 aromatic rings. The van der Waals surface area contributed by atoms with Crippen molar-refractivity contribution in [3.05, 3.63) is 130 Å². The van der Waals surface area contributed by atoms with Gasteiger partial charge in [-0.2, -0.15) is 0 Å². The molecular formula is C37H43N5O6. The van der Waals surface area contributed by atoms with Gasteiger partial charge in [-0.05, 0) is 55.3 Å². The average Bonchev–Trinajstić information content (AvgIpc) is 3.58. The Morgan fingerprint density at radius 3 is 2.35 bits per heavy atom. The number of aliphatic hydroxyl groups excluding tert-OH is 1. The topological polar surface area (TPSA) is 164 Å². The minimum Gasteiger partial charge on any atom is -0.506 e. The molecule has 0 saturated carbocycles. The summed E-state index contributed by atoms with van der Waals surface area (Å²) in [6.45, 7) is 2.60. The van der Waals surface area contributed by atoms with Gasteiger partial charge in [0.25, 0.3) is 0 Å². The van der Waals surface area contributed by atoms with Crippen LogP contribution in [0.3, 0.4) is 0 Å². The van der Waals surface area contributed by atoms with Gasteiger partial charge < -0.3 is 35.4 Å². The summed E-state index contributed by atoms with van der Waals surface area (Å²) < 4.78 is 6.07. The number of phenolic OH excluding ortho intramolecular Hbond substituents is 1. The Labute approximate surface area is 279 Å². The Morgan fingerprint density at radius 1 is 0.958 bits per heavy atom. The van der Waals surface area contributed by atoms with E-state index < -0.39 is 11.7 Å². The van der Waals surface area contributed by atoms with Crippen molar-refractivity contribution in [3.8, 4) is 5.75 Å². The second kappa shape index (κ2) is 16.3. The fourth-order valence-electron chi connectivity index (χ4n) is 5.72. The first-order chi connectivity index (χ1) is 23.3. The number of H-pyrrole nitrogens is 1. The lowest BCUT2D eigenvalue weighted by atomic mass is 9.86. The summed E-state index contributed by atoms with van der Waals surface area (Å²) in [7, 11) is 1.91. The molecule has 0 fully saturated rings. The smallest absolute Gasteiger partial charge is 0.248 e. The summed E-state index contributed by atoms with van der Waals surface area (Å²) in [5.74, 6) is 0.722. The van der Waals surface area contributed by atoms with Gasteiger partial charge in [-0.15, -0.1) is 0 Å². The molecule has 48 heavy (non-hydrogen) atoms. The predicted octanol–water partition coefficient (Wildman–Crippen LogP) is 3.94. The van der Waals surface area contributed by atoms with Crippen LogP contribution in [-0.4, -0.2) is 69.3 Å². The van der Waals surface area contributed by atoms with Gasteiger partial charge in [0, 0.05) is 37.5 Å². The van der Waals surface area contributed by atoms with E-state index in [1.165, 1.54) is 12.1 Å². The molecule has 1 amide bonds. The number of nitrogens with zero attached hydrogens (tertiary/aromatic N) is 2. The Hall–Kier alpha value is -4.81. The van der Waals surface area contributed by atoms with E-state index in [0.717, 1.165) is 19.3 Å². The van der Waals surface area contributed by atoms with Crippen LogP contribution in [0.1, 0.15) is 60.1 Å². The number of pyridine rings is 1. The minimum absolute atomic E-state index is 0.0219. The first-order valence-electron chi connectivity index (χ1n) is 16.2. The normalized spacial score (nSPS) is 12.4. The molecule has 11 heteroatoms. The molecule has 0 unspecified atom stereocenters. The highest BCUT2D eigenvalue weighted by Gasteiger charge is 2.38. The van der Waals surface area contributed by atoms with E-state index in [-0.39, 0.29) is 23.1 Å². The lowest BCUT2D eigenvalue weighted by Crippen LogP contribution is -2.29. The van der Waals surface area contributed by atoms with E-state index in [9.17, 15) is 24.9 Å². The summed E-state index contributed by atoms with van der Waals surface area (Å²) >= 11 is 0. The fraction of sp³-hybridized carbons (Fsp3) is 0.324. The van der Waals surface area contributed by atoms with E-state index in [4.69, 9.17) is 4.42 Å². The number of fused-ring (bicyclic) bond motifs is 1. The number of hydrogen-bond donors (Lipinski definition) is 6. The molecule has 6 N–H and O–H groups in total. The van der Waals surface area contributed by atoms with Crippen LogP contribution in [0.25, 0.3) is 10.9 Å². The van der Waals surface area contributed by atoms with Gasteiger partial charge in [-0.1, -0.05) is 73.2 Å². The molecule has 0 radical (unpaired) electrons. The number of benzene rings is 3. The maximum Gasteiger partial charge on any atom is 0.248 e. The first kappa shape index (κ1) is 34.5. The monoisotopic (exact) mass is 653 g/mol. The van der Waals surface area contributed by atoms with Crippen molar-refractivity contribution in [1.29, 1.82) is 0 Å². The molecule has 0 bridgehead atoms. The number of carbonyl (C=O) groups is 1. The van der Waals surface area contributed by atoms with Crippen molar-refractivity contribution in [2.24, 2.45) is 0 Å². The second-order valence-corrected chi connectivity index (χ2v) is 12.0. The number of nitrogens with one attached hydrogen (secondary N) is 3. The third-order valence-corrected chi connectivity index (χ3v) is 8.35. The van der Waals surface area contributed by atoms with Gasteiger partial charge in [0.2, 0.25) is 17.4 Å². The number of rotatable bonds is 17. The molecule has 0 spiro atoms. The van der Waals surface area contributed by atoms with Crippen LogP contribution in [-0.2, 0) is 16.9 Å². The Bertz CT molecular complexity index is 1790. The Kier molecular flexibility index (Phi) is 11.8. The number of aliphatic hydroxyl groups is 2. The number of aromatic amines is 1. The van der Waals surface area contributed by atoms with Crippen LogP contribution in [0.4, 0.5) is 0 Å². The molecule has 252 valence electrons. The van der Waals surface area contributed by atoms with Gasteiger partial charge in [-0.25, -0.2) is 4.98 Å². The van der Waals surface area contributed by atoms with Crippen molar-refractivity contribution in [3.63, 3.8) is 0 Å². The van der Waals surface area contributed by atoms with Gasteiger partial charge in [0.15, 0.2) is 5.60 Å². The van der Waals surface area contributed by atoms with Gasteiger partial charge in [-0.3, -0.25) is 14.5 Å². The number of oxazole rings is 1. The van der Waals surface area contributed by atoms with Crippen molar-refractivity contribution in [2.45, 2.75) is 43.9 Å². The van der Waals surface area contributed by atoms with E-state index in [2.05, 4.69) is 20.6 Å². The van der Waals surface area contributed by atoms with Gasteiger partial charge in [0.1, 0.15) is 11.5 Å². The lowest BCUT2D eigenvalue weighted by Gasteiger charge is -2.26. The zero-order valence-electron chi connectivity index (χ0n) is 27.1. The zero-order chi connectivity index (χ0) is 33.9. The molecule has 3 aromatic carbocycles. The number of aromatic nitrogens is 2. The highest BCUT2D eigenvalue weighted by molar-refractivity contribution is 5.87. The van der Waals surface area contributed by atoms with Crippen molar-refractivity contribution >= 4 is 16.8 Å². The summed E-state index contributed by atoms with van der Waals surface area (Å²) in [6.07, 6.45) is 3.81. The maximum atomic E-state index is 12.4. The van der Waals surface area contributed by atoms with Crippen LogP contribution >= 0.6 is 0 Å². The molecule has 0 aliphatic carbocycles. The zero-order valence-corrected chi connectivity index (χ0v) is 27.1. The van der Waals surface area contributed by atoms with Gasteiger partial charge in [0.05, 0.1) is 24.4 Å². The van der Waals surface area contributed by atoms with Crippen molar-refractivity contribution < 1.29 is 24.5 Å². The van der Waals surface area contributed by atoms with Gasteiger partial charge >= 0.3 is 0 Å². The fourth-order valence-corrected chi connectivity index (χ4v) is 5.72. The standard InChI is InChI=1S/C37H43N5O6/c1-42(25-28-23-40-36(48-28)37(47,26-11-5-2-6-12-26)27-13-7-3-8-14-27)22-19-33(45)39-21-10-4-9-20-38-24-32(44)29-15-17-31(43)35-30(29)16-18-34(46)41-35/h2-3,5-8,11-18,23,32,38,43-44,47H,4,9-10,19-22,24-25H2,1H3,(H,39,45)(H,41,46)/t32-/m0/s1. The predicted molar refractivity (Wildman–Crippen MR) is 183 cm³/mol. The maximum absolute atomic E-state index is 12.4. The third-order valence-electron chi connectivity index (χ3n) is 8.35. The van der Waals surface area contributed by atoms with E-state index in [1.54, 1.807) is 18.3 Å². The number of aromatic hydroxyl groups is 1. The van der Waals surface area contributed by atoms with E-state index in [1.807, 2.05) is 72.6 Å². The van der Waals surface area contributed by atoms with Crippen LogP contribution < -0.4 is 16.2 Å². The first-order valence-corrected chi connectivity index (χ1v) is 16.2. The number of unbranched alkanes of at least 4 members (excludes halogenated alkanes) is 2. The quantitative estimate of drug-likeness (QED) is 0.0816. The Morgan fingerprint density at radius 2 is 1.65 bits per heavy atom. The average molecular weight is 654 g/mol. The molecule has 2 heterocycles. The largest absolute Gasteiger partial charge is 0.506 e. The van der Waals surface area contributed by atoms with Crippen LogP contribution in [0.2, 0.25) is 0 Å². The molecule has 11 nitrogen and oxygen atoms in total.